The molecular weight excluding hydrogens is 871 g/mol. The van der Waals surface area contributed by atoms with Gasteiger partial charge in [-0.15, -0.1) is 0 Å². The van der Waals surface area contributed by atoms with Gasteiger partial charge in [0, 0.05) is 57.6 Å². The molecule has 7 heteroatoms. The van der Waals surface area contributed by atoms with E-state index in [1.165, 1.54) is 38.5 Å². The molecule has 314 valence electrons. The van der Waals surface area contributed by atoms with Crippen LogP contribution in [0.5, 0.6) is 11.5 Å². The molecule has 4 nitrogen and oxygen atoms in total. The molecule has 0 atom stereocenters. The van der Waals surface area contributed by atoms with Crippen LogP contribution in [0.1, 0.15) is 123 Å². The van der Waals surface area contributed by atoms with Gasteiger partial charge < -0.3 is 10.2 Å². The van der Waals surface area contributed by atoms with Crippen molar-refractivity contribution in [3.63, 3.8) is 0 Å². The van der Waals surface area contributed by atoms with Crippen LogP contribution in [0.3, 0.4) is 0 Å². The van der Waals surface area contributed by atoms with E-state index in [0.717, 1.165) is 70.2 Å². The monoisotopic (exact) mass is 926 g/mol. The SMILES string of the molecule is CC(c1ccccc1)(c1ccccc1)c1cccc(C=NC2CCCCC2)c1O.CC(c1ccccc1)(c1ccccc1)c1cccc(C=NC2CCCCC2)c1O.[Cl][Zr][Cl]. The summed E-state index contributed by atoms with van der Waals surface area (Å²) < 4.78 is 0. The van der Waals surface area contributed by atoms with Crippen LogP contribution in [-0.4, -0.2) is 34.7 Å². The fraction of sp³-hybridized carbons (Fsp3) is 0.296. The van der Waals surface area contributed by atoms with E-state index in [4.69, 9.17) is 27.0 Å². The summed E-state index contributed by atoms with van der Waals surface area (Å²) in [6.07, 6.45) is 16.1. The molecule has 2 aliphatic rings. The van der Waals surface area contributed by atoms with Crippen LogP contribution in [0.4, 0.5) is 0 Å². The maximum absolute atomic E-state index is 11.3. The van der Waals surface area contributed by atoms with Crippen molar-refractivity contribution in [1.82, 2.24) is 0 Å². The Morgan fingerprint density at radius 3 is 1.00 bits per heavy atom. The maximum atomic E-state index is 11.3. The fourth-order valence-electron chi connectivity index (χ4n) is 9.01. The van der Waals surface area contributed by atoms with E-state index in [-0.39, 0.29) is 0 Å². The molecule has 0 saturated heterocycles. The van der Waals surface area contributed by atoms with Gasteiger partial charge in [-0.25, -0.2) is 0 Å². The second kappa shape index (κ2) is 23.2. The van der Waals surface area contributed by atoms with Crippen molar-refractivity contribution in [2.45, 2.75) is 101 Å². The summed E-state index contributed by atoms with van der Waals surface area (Å²) in [4.78, 5) is 9.60. The first-order valence-electron chi connectivity index (χ1n) is 21.7. The van der Waals surface area contributed by atoms with Crippen LogP contribution < -0.4 is 0 Å². The third kappa shape index (κ3) is 11.6. The molecule has 8 rings (SSSR count). The summed E-state index contributed by atoms with van der Waals surface area (Å²) in [6.45, 7) is 4.38. The van der Waals surface area contributed by atoms with E-state index in [1.807, 2.05) is 73.1 Å². The predicted octanol–water partition coefficient (Wildman–Crippen LogP) is 14.4. The number of halogens is 2. The predicted molar refractivity (Wildman–Crippen MR) is 254 cm³/mol. The molecule has 61 heavy (non-hydrogen) atoms. The first kappa shape index (κ1) is 46.2. The molecule has 0 radical (unpaired) electrons. The van der Waals surface area contributed by atoms with Crippen molar-refractivity contribution in [1.29, 1.82) is 0 Å². The number of para-hydroxylation sites is 2. The quantitative estimate of drug-likeness (QED) is 0.106. The van der Waals surface area contributed by atoms with Crippen LogP contribution in [-0.2, 0) is 31.7 Å². The number of aliphatic imine (C=N–C) groups is 2. The van der Waals surface area contributed by atoms with Gasteiger partial charge in [0.15, 0.2) is 0 Å². The van der Waals surface area contributed by atoms with E-state index in [2.05, 4.69) is 111 Å². The molecule has 0 aliphatic heterocycles. The minimum absolute atomic E-state index is 0.322. The van der Waals surface area contributed by atoms with Crippen molar-refractivity contribution >= 4 is 29.5 Å². The Morgan fingerprint density at radius 1 is 0.443 bits per heavy atom. The number of hydrogen-bond acceptors (Lipinski definition) is 4. The summed E-state index contributed by atoms with van der Waals surface area (Å²) in [6, 6.07) is 54.5. The first-order chi connectivity index (χ1) is 29.8. The summed E-state index contributed by atoms with van der Waals surface area (Å²) >= 11 is -0.826. The molecule has 0 aromatic heterocycles. The van der Waals surface area contributed by atoms with Gasteiger partial charge in [0.2, 0.25) is 0 Å². The number of benzene rings is 6. The number of rotatable bonds is 10. The fourth-order valence-corrected chi connectivity index (χ4v) is 9.01. The van der Waals surface area contributed by atoms with Crippen LogP contribution >= 0.6 is 17.0 Å². The first-order valence-corrected chi connectivity index (χ1v) is 28.0. The number of hydrogen-bond donors (Lipinski definition) is 2. The van der Waals surface area contributed by atoms with Crippen molar-refractivity contribution < 1.29 is 31.1 Å². The number of aromatic hydroxyl groups is 2. The van der Waals surface area contributed by atoms with Gasteiger partial charge in [0.05, 0.1) is 0 Å². The Kier molecular flexibility index (Phi) is 17.6. The minimum atomic E-state index is -0.826. The third-order valence-electron chi connectivity index (χ3n) is 12.6. The van der Waals surface area contributed by atoms with Crippen LogP contribution in [0.15, 0.2) is 168 Å². The molecular formula is C54H58Cl2N2O2Zr. The van der Waals surface area contributed by atoms with Crippen LogP contribution in [0, 0.1) is 0 Å². The molecule has 2 N–H and O–H groups in total. The zero-order valence-corrected chi connectivity index (χ0v) is 39.4. The normalized spacial score (nSPS) is 15.1. The Balaban J connectivity index is 0.000000192. The van der Waals surface area contributed by atoms with E-state index in [0.29, 0.717) is 23.6 Å². The molecule has 2 saturated carbocycles. The Labute approximate surface area is 382 Å². The number of phenols is 2. The zero-order chi connectivity index (χ0) is 42.9. The number of phenolic OH excluding ortho intramolecular Hbond substituents is 2. The molecule has 0 heterocycles. The van der Waals surface area contributed by atoms with Gasteiger partial charge in [0.25, 0.3) is 0 Å². The molecule has 0 amide bonds. The van der Waals surface area contributed by atoms with Gasteiger partial charge in [-0.05, 0) is 73.9 Å². The Hall–Kier alpha value is -4.28. The van der Waals surface area contributed by atoms with E-state index >= 15 is 0 Å². The third-order valence-corrected chi connectivity index (χ3v) is 12.6. The standard InChI is InChI=1S/2C27H29NO.2ClH.Zr/c2*1-27(22-13-5-2-6-14-22,23-15-7-3-8-16-23)25-19-11-12-21(26(25)29)20-28-24-17-9-4-10-18-24;;;/h2*2-3,5-8,11-16,19-20,24,29H,4,9-10,17-18H2,1H3;2*1H;/q;;;;+2/p-2. The van der Waals surface area contributed by atoms with Crippen molar-refractivity contribution in [2.24, 2.45) is 9.98 Å². The molecule has 2 aliphatic carbocycles. The van der Waals surface area contributed by atoms with Gasteiger partial charge in [-0.3, -0.25) is 9.98 Å². The molecule has 0 unspecified atom stereocenters. The second-order valence-electron chi connectivity index (χ2n) is 16.4. The van der Waals surface area contributed by atoms with Crippen molar-refractivity contribution in [3.8, 4) is 11.5 Å². The average molecular weight is 929 g/mol. The van der Waals surface area contributed by atoms with Crippen molar-refractivity contribution in [3.05, 3.63) is 202 Å². The molecule has 0 bridgehead atoms. The van der Waals surface area contributed by atoms with Crippen LogP contribution in [0.2, 0.25) is 0 Å². The van der Waals surface area contributed by atoms with Gasteiger partial charge >= 0.3 is 37.9 Å². The zero-order valence-electron chi connectivity index (χ0n) is 35.4. The molecule has 6 aromatic carbocycles. The summed E-state index contributed by atoms with van der Waals surface area (Å²) in [7, 11) is 9.87. The molecule has 0 spiro atoms. The van der Waals surface area contributed by atoms with E-state index in [9.17, 15) is 10.2 Å². The summed E-state index contributed by atoms with van der Waals surface area (Å²) in [5.41, 5.74) is 7.11. The van der Waals surface area contributed by atoms with Gasteiger partial charge in [-0.1, -0.05) is 184 Å². The Morgan fingerprint density at radius 2 is 0.721 bits per heavy atom. The summed E-state index contributed by atoms with van der Waals surface area (Å²) in [5, 5.41) is 22.6. The topological polar surface area (TPSA) is 65.2 Å². The average Bonchev–Trinajstić information content (AvgIpc) is 3.32. The molecule has 2 fully saturated rings. The Bertz CT molecular complexity index is 2030. The van der Waals surface area contributed by atoms with E-state index < -0.39 is 31.7 Å². The number of nitrogens with zero attached hydrogens (tertiary/aromatic N) is 2. The van der Waals surface area contributed by atoms with Crippen molar-refractivity contribution in [2.75, 3.05) is 0 Å². The van der Waals surface area contributed by atoms with Gasteiger partial charge in [-0.2, -0.15) is 0 Å². The van der Waals surface area contributed by atoms with Crippen LogP contribution in [0.25, 0.3) is 0 Å². The summed E-state index contributed by atoms with van der Waals surface area (Å²) in [5.74, 6) is 0.643. The van der Waals surface area contributed by atoms with Gasteiger partial charge in [0.1, 0.15) is 11.5 Å². The molecule has 6 aromatic rings. The second-order valence-corrected chi connectivity index (χ2v) is 20.1. The van der Waals surface area contributed by atoms with E-state index in [1.54, 1.807) is 0 Å².